The lowest BCUT2D eigenvalue weighted by molar-refractivity contribution is 0.282. The molecule has 0 aliphatic heterocycles. The number of hydrogen-bond donors (Lipinski definition) is 2. The highest BCUT2D eigenvalue weighted by molar-refractivity contribution is 7.46. The quantitative estimate of drug-likeness (QED) is 0.712. The maximum Gasteiger partial charge on any atom is 0.524 e. The fourth-order valence-corrected chi connectivity index (χ4v) is 2.49. The summed E-state index contributed by atoms with van der Waals surface area (Å²) >= 11 is 0. The minimum absolute atomic E-state index is 0.329. The summed E-state index contributed by atoms with van der Waals surface area (Å²) in [6, 6.07) is 5.46. The van der Waals surface area contributed by atoms with Crippen molar-refractivity contribution < 1.29 is 18.9 Å². The van der Waals surface area contributed by atoms with Gasteiger partial charge >= 0.3 is 7.82 Å². The van der Waals surface area contributed by atoms with Crippen molar-refractivity contribution >= 4 is 7.82 Å². The van der Waals surface area contributed by atoms with Crippen LogP contribution in [0.1, 0.15) is 50.7 Å². The summed E-state index contributed by atoms with van der Waals surface area (Å²) in [5, 5.41) is 0. The number of benzene rings is 1. The van der Waals surface area contributed by atoms with Gasteiger partial charge in [0, 0.05) is 0 Å². The minimum Gasteiger partial charge on any atom is -0.404 e. The van der Waals surface area contributed by atoms with E-state index in [1.54, 1.807) is 12.1 Å². The standard InChI is InChI=1S/C14H23O4P/c1-3-5-8-12-9-7-11-14(18-19(15,16)17)13(12)10-6-4-2/h7,9,11H,3-6,8,10H2,1-2H3,(H2,15,16,17). The molecule has 0 aliphatic carbocycles. The lowest BCUT2D eigenvalue weighted by Crippen LogP contribution is -2.00. The summed E-state index contributed by atoms with van der Waals surface area (Å²) in [5.41, 5.74) is 2.09. The third-order valence-electron chi connectivity index (χ3n) is 3.03. The van der Waals surface area contributed by atoms with Crippen molar-refractivity contribution in [2.45, 2.75) is 52.4 Å². The Morgan fingerprint density at radius 3 is 2.32 bits per heavy atom. The monoisotopic (exact) mass is 286 g/mol. The van der Waals surface area contributed by atoms with Gasteiger partial charge in [-0.15, -0.1) is 0 Å². The normalized spacial score (nSPS) is 11.6. The van der Waals surface area contributed by atoms with Gasteiger partial charge < -0.3 is 4.52 Å². The van der Waals surface area contributed by atoms with Crippen LogP contribution in [0.25, 0.3) is 0 Å². The van der Waals surface area contributed by atoms with Crippen LogP contribution in [0.4, 0.5) is 0 Å². The highest BCUT2D eigenvalue weighted by Gasteiger charge is 2.19. The van der Waals surface area contributed by atoms with E-state index in [0.717, 1.165) is 49.7 Å². The van der Waals surface area contributed by atoms with Gasteiger partial charge in [0.1, 0.15) is 5.75 Å². The summed E-state index contributed by atoms with van der Waals surface area (Å²) < 4.78 is 15.8. The molecule has 0 fully saturated rings. The molecule has 0 saturated carbocycles. The van der Waals surface area contributed by atoms with Crippen LogP contribution in [-0.2, 0) is 17.4 Å². The van der Waals surface area contributed by atoms with Gasteiger partial charge in [0.25, 0.3) is 0 Å². The van der Waals surface area contributed by atoms with Crippen LogP contribution in [-0.4, -0.2) is 9.79 Å². The fraction of sp³-hybridized carbons (Fsp3) is 0.571. The van der Waals surface area contributed by atoms with E-state index in [1.807, 2.05) is 6.07 Å². The molecular weight excluding hydrogens is 263 g/mol. The number of aryl methyl sites for hydroxylation is 1. The molecule has 1 aromatic carbocycles. The molecule has 5 heteroatoms. The molecule has 0 amide bonds. The molecule has 0 bridgehead atoms. The van der Waals surface area contributed by atoms with E-state index < -0.39 is 7.82 Å². The molecule has 0 heterocycles. The first-order valence-electron chi connectivity index (χ1n) is 6.83. The zero-order valence-electron chi connectivity index (χ0n) is 11.6. The van der Waals surface area contributed by atoms with Crippen molar-refractivity contribution in [3.05, 3.63) is 29.3 Å². The predicted molar refractivity (Wildman–Crippen MR) is 76.3 cm³/mol. The smallest absolute Gasteiger partial charge is 0.404 e. The molecule has 0 spiro atoms. The first kappa shape index (κ1) is 16.2. The topological polar surface area (TPSA) is 66.8 Å². The first-order chi connectivity index (χ1) is 8.98. The molecule has 1 aromatic rings. The molecule has 0 atom stereocenters. The number of hydrogen-bond acceptors (Lipinski definition) is 2. The van der Waals surface area contributed by atoms with Gasteiger partial charge in [0.15, 0.2) is 0 Å². The Labute approximate surface area is 115 Å². The molecular formula is C14H23O4P. The second-order valence-electron chi connectivity index (χ2n) is 4.68. The lowest BCUT2D eigenvalue weighted by Gasteiger charge is -2.15. The van der Waals surface area contributed by atoms with Crippen molar-refractivity contribution in [2.24, 2.45) is 0 Å². The lowest BCUT2D eigenvalue weighted by atomic mass is 9.97. The molecule has 1 rings (SSSR count). The third kappa shape index (κ3) is 5.77. The van der Waals surface area contributed by atoms with Crippen molar-refractivity contribution in [3.8, 4) is 5.75 Å². The van der Waals surface area contributed by atoms with Crippen LogP contribution in [0, 0.1) is 0 Å². The Morgan fingerprint density at radius 1 is 1.11 bits per heavy atom. The molecule has 0 radical (unpaired) electrons. The summed E-state index contributed by atoms with van der Waals surface area (Å²) in [6.07, 6.45) is 5.91. The van der Waals surface area contributed by atoms with Crippen molar-refractivity contribution in [1.82, 2.24) is 0 Å². The zero-order valence-corrected chi connectivity index (χ0v) is 12.5. The van der Waals surface area contributed by atoms with Gasteiger partial charge in [-0.2, -0.15) is 0 Å². The van der Waals surface area contributed by atoms with Gasteiger partial charge in [-0.3, -0.25) is 9.79 Å². The van der Waals surface area contributed by atoms with Gasteiger partial charge in [-0.25, -0.2) is 4.57 Å². The van der Waals surface area contributed by atoms with Crippen LogP contribution in [0.3, 0.4) is 0 Å². The van der Waals surface area contributed by atoms with E-state index in [1.165, 1.54) is 0 Å². The first-order valence-corrected chi connectivity index (χ1v) is 8.36. The minimum atomic E-state index is -4.49. The third-order valence-corrected chi connectivity index (χ3v) is 3.46. The predicted octanol–water partition coefficient (Wildman–Crippen LogP) is 3.84. The number of phosphoric acid groups is 1. The van der Waals surface area contributed by atoms with Gasteiger partial charge in [0.05, 0.1) is 0 Å². The molecule has 108 valence electrons. The Hall–Kier alpha value is -0.830. The SMILES string of the molecule is CCCCc1cccc(OP(=O)(O)O)c1CCCC. The van der Waals surface area contributed by atoms with Gasteiger partial charge in [0.2, 0.25) is 0 Å². The largest absolute Gasteiger partial charge is 0.524 e. The molecule has 19 heavy (non-hydrogen) atoms. The number of unbranched alkanes of at least 4 members (excludes halogenated alkanes) is 2. The molecule has 0 aliphatic rings. The Kier molecular flexibility index (Phi) is 6.56. The van der Waals surface area contributed by atoms with Crippen LogP contribution in [0.2, 0.25) is 0 Å². The van der Waals surface area contributed by atoms with Crippen LogP contribution < -0.4 is 4.52 Å². The summed E-state index contributed by atoms with van der Waals surface area (Å²) in [4.78, 5) is 18.0. The van der Waals surface area contributed by atoms with Gasteiger partial charge in [-0.1, -0.05) is 38.8 Å². The van der Waals surface area contributed by atoms with Crippen LogP contribution in [0.15, 0.2) is 18.2 Å². The average Bonchev–Trinajstić information content (AvgIpc) is 2.33. The van der Waals surface area contributed by atoms with Crippen LogP contribution >= 0.6 is 7.82 Å². The van der Waals surface area contributed by atoms with Crippen molar-refractivity contribution in [2.75, 3.05) is 0 Å². The van der Waals surface area contributed by atoms with Crippen molar-refractivity contribution in [1.29, 1.82) is 0 Å². The Balaban J connectivity index is 3.02. The van der Waals surface area contributed by atoms with E-state index in [9.17, 15) is 4.57 Å². The van der Waals surface area contributed by atoms with E-state index in [4.69, 9.17) is 14.3 Å². The van der Waals surface area contributed by atoms with Gasteiger partial charge in [-0.05, 0) is 42.9 Å². The maximum atomic E-state index is 11.0. The zero-order chi connectivity index (χ0) is 14.3. The average molecular weight is 286 g/mol. The molecule has 2 N–H and O–H groups in total. The Bertz CT molecular complexity index is 439. The number of phosphoric ester groups is 1. The summed E-state index contributed by atoms with van der Waals surface area (Å²) in [7, 11) is -4.49. The Morgan fingerprint density at radius 2 is 1.74 bits per heavy atom. The van der Waals surface area contributed by atoms with Crippen molar-refractivity contribution in [3.63, 3.8) is 0 Å². The van der Waals surface area contributed by atoms with E-state index in [0.29, 0.717) is 5.75 Å². The summed E-state index contributed by atoms with van der Waals surface area (Å²) in [6.45, 7) is 4.22. The van der Waals surface area contributed by atoms with E-state index in [-0.39, 0.29) is 0 Å². The molecule has 4 nitrogen and oxygen atoms in total. The molecule has 0 aromatic heterocycles. The highest BCUT2D eigenvalue weighted by Crippen LogP contribution is 2.40. The maximum absolute atomic E-state index is 11.0. The highest BCUT2D eigenvalue weighted by atomic mass is 31.2. The second kappa shape index (κ2) is 7.68. The number of rotatable bonds is 8. The second-order valence-corrected chi connectivity index (χ2v) is 5.85. The van der Waals surface area contributed by atoms with Crippen LogP contribution in [0.5, 0.6) is 5.75 Å². The van der Waals surface area contributed by atoms with E-state index in [2.05, 4.69) is 13.8 Å². The fourth-order valence-electron chi connectivity index (χ4n) is 2.06. The molecule has 0 unspecified atom stereocenters. The molecule has 0 saturated heterocycles. The van der Waals surface area contributed by atoms with E-state index >= 15 is 0 Å². The summed E-state index contributed by atoms with van der Waals surface area (Å²) in [5.74, 6) is 0.329.